The van der Waals surface area contributed by atoms with Gasteiger partial charge in [-0.25, -0.2) is 14.2 Å². The minimum atomic E-state index is -1.28. The fraction of sp³-hybridized carbons (Fsp3) is 0.395. The molecule has 1 N–H and O–H groups in total. The van der Waals surface area contributed by atoms with Crippen LogP contribution in [0.1, 0.15) is 64.8 Å². The maximum atomic E-state index is 14.5. The van der Waals surface area contributed by atoms with Crippen molar-refractivity contribution in [3.8, 4) is 40.5 Å². The Balaban J connectivity index is 1.64. The van der Waals surface area contributed by atoms with Gasteiger partial charge in [-0.3, -0.25) is 0 Å². The lowest BCUT2D eigenvalue weighted by molar-refractivity contribution is -0.160. The van der Waals surface area contributed by atoms with Crippen molar-refractivity contribution in [1.29, 1.82) is 0 Å². The lowest BCUT2D eigenvalue weighted by atomic mass is 9.92. The van der Waals surface area contributed by atoms with Gasteiger partial charge in [0.15, 0.2) is 17.9 Å². The number of hydrogen-bond acceptors (Lipinski definition) is 7. The Morgan fingerprint density at radius 1 is 1.19 bits per heavy atom. The fourth-order valence-corrected chi connectivity index (χ4v) is 5.95. The van der Waals surface area contributed by atoms with Gasteiger partial charge in [0, 0.05) is 36.0 Å². The summed E-state index contributed by atoms with van der Waals surface area (Å²) < 4.78 is 34.3. The molecule has 2 aromatic carbocycles. The Bertz CT molecular complexity index is 1860. The number of carboxylic acid groups (broad SMARTS) is 1. The Hall–Kier alpha value is -4.72. The second-order valence-corrected chi connectivity index (χ2v) is 13.4. The minimum absolute atomic E-state index is 0.340. The molecule has 4 aromatic rings. The highest BCUT2D eigenvalue weighted by Crippen LogP contribution is 2.39. The predicted octanol–water partition coefficient (Wildman–Crippen LogP) is 7.41. The molecule has 1 aliphatic heterocycles. The SMILES string of the molecule is C#C[C@H](C)Oc1ccc(F)cc1-c1cccc(-c2cc3nc(C)c(C(OC(C)(C)C)C(=O)O)c(N4CCC(C)(OCC=C)CC4)n3n2)c1. The van der Waals surface area contributed by atoms with Crippen LogP contribution in [0, 0.1) is 25.1 Å². The first-order valence-corrected chi connectivity index (χ1v) is 16.1. The van der Waals surface area contributed by atoms with Gasteiger partial charge in [-0.05, 0) is 84.2 Å². The third-order valence-electron chi connectivity index (χ3n) is 8.38. The van der Waals surface area contributed by atoms with E-state index in [0.717, 1.165) is 5.56 Å². The molecule has 0 radical (unpaired) electrons. The third kappa shape index (κ3) is 7.53. The number of anilines is 1. The topological polar surface area (TPSA) is 98.4 Å². The number of piperidine rings is 1. The highest BCUT2D eigenvalue weighted by molar-refractivity contribution is 5.80. The summed E-state index contributed by atoms with van der Waals surface area (Å²) >= 11 is 0. The van der Waals surface area contributed by atoms with Gasteiger partial charge < -0.3 is 24.2 Å². The van der Waals surface area contributed by atoms with Crippen molar-refractivity contribution in [2.75, 3.05) is 24.6 Å². The summed E-state index contributed by atoms with van der Waals surface area (Å²) in [5.41, 5.74) is 3.10. The maximum absolute atomic E-state index is 14.5. The van der Waals surface area contributed by atoms with E-state index in [1.54, 1.807) is 30.5 Å². The average molecular weight is 655 g/mol. The first-order valence-electron chi connectivity index (χ1n) is 16.1. The van der Waals surface area contributed by atoms with Crippen LogP contribution in [0.25, 0.3) is 28.0 Å². The second kappa shape index (κ2) is 13.8. The maximum Gasteiger partial charge on any atom is 0.337 e. The van der Waals surface area contributed by atoms with Crippen LogP contribution < -0.4 is 9.64 Å². The molecule has 0 amide bonds. The number of carbonyl (C=O) groups is 1. The molecule has 1 saturated heterocycles. The largest absolute Gasteiger partial charge is 0.479 e. The van der Waals surface area contributed by atoms with Gasteiger partial charge in [-0.1, -0.05) is 30.2 Å². The molecular weight excluding hydrogens is 611 g/mol. The predicted molar refractivity (Wildman–Crippen MR) is 185 cm³/mol. The van der Waals surface area contributed by atoms with Gasteiger partial charge in [0.25, 0.3) is 0 Å². The number of carboxylic acids is 1. The molecule has 0 aliphatic carbocycles. The number of terminal acetylenes is 1. The molecule has 1 fully saturated rings. The Morgan fingerprint density at radius 2 is 1.90 bits per heavy atom. The van der Waals surface area contributed by atoms with Crippen LogP contribution in [-0.2, 0) is 14.3 Å². The van der Waals surface area contributed by atoms with Gasteiger partial charge in [-0.2, -0.15) is 9.61 Å². The van der Waals surface area contributed by atoms with E-state index in [0.29, 0.717) is 77.8 Å². The molecule has 0 saturated carbocycles. The van der Waals surface area contributed by atoms with Crippen LogP contribution >= 0.6 is 0 Å². The van der Waals surface area contributed by atoms with E-state index in [2.05, 4.69) is 24.3 Å². The molecule has 0 bridgehead atoms. The Labute approximate surface area is 281 Å². The normalized spacial score (nSPS) is 15.9. The highest BCUT2D eigenvalue weighted by Gasteiger charge is 2.37. The number of halogens is 1. The van der Waals surface area contributed by atoms with Crippen LogP contribution in [0.5, 0.6) is 5.75 Å². The lowest BCUT2D eigenvalue weighted by Crippen LogP contribution is -2.45. The van der Waals surface area contributed by atoms with Crippen LogP contribution in [0.3, 0.4) is 0 Å². The number of aryl methyl sites for hydroxylation is 1. The molecule has 5 rings (SSSR count). The molecule has 9 nitrogen and oxygen atoms in total. The van der Waals surface area contributed by atoms with Crippen LogP contribution in [0.2, 0.25) is 0 Å². The van der Waals surface area contributed by atoms with E-state index in [9.17, 15) is 14.3 Å². The van der Waals surface area contributed by atoms with E-state index in [1.807, 2.05) is 51.1 Å². The summed E-state index contributed by atoms with van der Waals surface area (Å²) in [6, 6.07) is 13.7. The average Bonchev–Trinajstić information content (AvgIpc) is 3.46. The van der Waals surface area contributed by atoms with Gasteiger partial charge in [0.1, 0.15) is 17.4 Å². The summed E-state index contributed by atoms with van der Waals surface area (Å²) in [5, 5.41) is 15.5. The second-order valence-electron chi connectivity index (χ2n) is 13.4. The fourth-order valence-electron chi connectivity index (χ4n) is 5.95. The summed E-state index contributed by atoms with van der Waals surface area (Å²) in [6.45, 7) is 16.6. The van der Waals surface area contributed by atoms with Gasteiger partial charge in [0.2, 0.25) is 0 Å². The van der Waals surface area contributed by atoms with Gasteiger partial charge in [0.05, 0.1) is 29.1 Å². The van der Waals surface area contributed by atoms with E-state index in [-0.39, 0.29) is 5.60 Å². The first-order chi connectivity index (χ1) is 22.7. The highest BCUT2D eigenvalue weighted by atomic mass is 19.1. The zero-order valence-corrected chi connectivity index (χ0v) is 28.4. The van der Waals surface area contributed by atoms with Crippen LogP contribution in [-0.4, -0.2) is 62.7 Å². The summed E-state index contributed by atoms with van der Waals surface area (Å²) in [7, 11) is 0. The van der Waals surface area contributed by atoms with Gasteiger partial charge in [-0.15, -0.1) is 13.0 Å². The molecule has 252 valence electrons. The van der Waals surface area contributed by atoms with Crippen molar-refractivity contribution in [2.24, 2.45) is 0 Å². The number of aromatic nitrogens is 3. The smallest absolute Gasteiger partial charge is 0.337 e. The van der Waals surface area contributed by atoms with Crippen molar-refractivity contribution in [3.63, 3.8) is 0 Å². The Morgan fingerprint density at radius 3 is 2.54 bits per heavy atom. The molecule has 1 aliphatic rings. The number of nitrogens with zero attached hydrogens (tertiary/aromatic N) is 4. The van der Waals surface area contributed by atoms with E-state index in [4.69, 9.17) is 30.7 Å². The van der Waals surface area contributed by atoms with Crippen molar-refractivity contribution in [3.05, 3.63) is 78.3 Å². The quantitative estimate of drug-likeness (QED) is 0.132. The van der Waals surface area contributed by atoms with E-state index in [1.165, 1.54) is 12.1 Å². The van der Waals surface area contributed by atoms with Crippen molar-refractivity contribution in [1.82, 2.24) is 14.6 Å². The standard InChI is InChI=1S/C38H43FN4O5/c1-9-20-46-38(8)16-18-42(19-17-38)35-33(34(36(44)45)48-37(5,6)7)25(4)40-32-23-30(41-43(32)35)27-13-11-12-26(21-27)29-22-28(39)14-15-31(29)47-24(3)10-2/h2,9,11-15,21-24,34H,1,16-20H2,3-8H3,(H,44,45)/t24-,34?/m0/s1. The van der Waals surface area contributed by atoms with Crippen molar-refractivity contribution < 1.29 is 28.5 Å². The minimum Gasteiger partial charge on any atom is -0.479 e. The molecule has 10 heteroatoms. The van der Waals surface area contributed by atoms with Crippen molar-refractivity contribution in [2.45, 2.75) is 77.8 Å². The number of aliphatic carboxylic acids is 1. The van der Waals surface area contributed by atoms with E-state index >= 15 is 0 Å². The zero-order valence-electron chi connectivity index (χ0n) is 28.4. The third-order valence-corrected chi connectivity index (χ3v) is 8.38. The van der Waals surface area contributed by atoms with Crippen LogP contribution in [0.15, 0.2) is 61.2 Å². The first kappa shape index (κ1) is 34.6. The van der Waals surface area contributed by atoms with Gasteiger partial charge >= 0.3 is 5.97 Å². The zero-order chi connectivity index (χ0) is 34.8. The van der Waals surface area contributed by atoms with Crippen LogP contribution in [0.4, 0.5) is 10.2 Å². The molecule has 48 heavy (non-hydrogen) atoms. The number of benzene rings is 2. The summed E-state index contributed by atoms with van der Waals surface area (Å²) in [4.78, 5) is 19.8. The summed E-state index contributed by atoms with van der Waals surface area (Å²) in [5.74, 6) is 2.11. The molecule has 0 spiro atoms. The number of rotatable bonds is 11. The molecule has 2 atom stereocenters. The van der Waals surface area contributed by atoms with E-state index < -0.39 is 29.6 Å². The monoisotopic (exact) mass is 654 g/mol. The molecule has 1 unspecified atom stereocenters. The molecular formula is C38H43FN4O5. The number of hydrogen-bond donors (Lipinski definition) is 1. The number of ether oxygens (including phenoxy) is 3. The molecule has 2 aromatic heterocycles. The molecule has 3 heterocycles. The summed E-state index contributed by atoms with van der Waals surface area (Å²) in [6.07, 6.45) is 6.93. The lowest BCUT2D eigenvalue weighted by Gasteiger charge is -2.41. The Kier molecular flexibility index (Phi) is 9.94. The number of fused-ring (bicyclic) bond motifs is 1. The van der Waals surface area contributed by atoms with Crippen molar-refractivity contribution >= 4 is 17.4 Å².